The van der Waals surface area contributed by atoms with Crippen LogP contribution in [0.1, 0.15) is 10.4 Å². The first-order valence-electron chi connectivity index (χ1n) is 8.39. The number of ether oxygens (including phenoxy) is 2. The van der Waals surface area contributed by atoms with Gasteiger partial charge in [0.2, 0.25) is 0 Å². The van der Waals surface area contributed by atoms with Gasteiger partial charge < -0.3 is 20.1 Å². The molecule has 2 N–H and O–H groups in total. The second kappa shape index (κ2) is 7.21. The average molecular weight is 360 g/mol. The quantitative estimate of drug-likeness (QED) is 0.736. The number of rotatable bonds is 4. The van der Waals surface area contributed by atoms with Crippen LogP contribution in [-0.2, 0) is 4.79 Å². The zero-order chi connectivity index (χ0) is 18.6. The number of anilines is 2. The molecule has 0 unspecified atom stereocenters. The molecule has 134 valence electrons. The SMILES string of the molecule is O=C1COc2ccc(NC(=O)c3ccccc3Oc3ccccc3)cc2N1. The van der Waals surface area contributed by atoms with Gasteiger partial charge in [0.15, 0.2) is 6.61 Å². The summed E-state index contributed by atoms with van der Waals surface area (Å²) in [6.45, 7) is -0.0110. The van der Waals surface area contributed by atoms with E-state index >= 15 is 0 Å². The van der Waals surface area contributed by atoms with Crippen molar-refractivity contribution in [3.63, 3.8) is 0 Å². The second-order valence-electron chi connectivity index (χ2n) is 5.91. The minimum Gasteiger partial charge on any atom is -0.482 e. The molecule has 3 aromatic rings. The third-order valence-electron chi connectivity index (χ3n) is 3.97. The molecule has 0 aliphatic carbocycles. The summed E-state index contributed by atoms with van der Waals surface area (Å²) < 4.78 is 11.2. The van der Waals surface area contributed by atoms with Crippen LogP contribution in [0.25, 0.3) is 0 Å². The topological polar surface area (TPSA) is 76.7 Å². The van der Waals surface area contributed by atoms with Crippen molar-refractivity contribution in [2.75, 3.05) is 17.2 Å². The summed E-state index contributed by atoms with van der Waals surface area (Å²) in [7, 11) is 0. The number of carbonyl (C=O) groups excluding carboxylic acids is 2. The predicted octanol–water partition coefficient (Wildman–Crippen LogP) is 4.06. The molecule has 2 amide bonds. The summed E-state index contributed by atoms with van der Waals surface area (Å²) in [4.78, 5) is 24.2. The van der Waals surface area contributed by atoms with Crippen molar-refractivity contribution in [2.24, 2.45) is 0 Å². The number of benzene rings is 3. The van der Waals surface area contributed by atoms with E-state index in [1.165, 1.54) is 0 Å². The molecule has 3 aromatic carbocycles. The Balaban J connectivity index is 1.55. The third-order valence-corrected chi connectivity index (χ3v) is 3.97. The number of hydrogen-bond donors (Lipinski definition) is 2. The molecule has 0 bridgehead atoms. The van der Waals surface area contributed by atoms with E-state index < -0.39 is 0 Å². The van der Waals surface area contributed by atoms with Crippen LogP contribution >= 0.6 is 0 Å². The van der Waals surface area contributed by atoms with E-state index in [0.717, 1.165) is 0 Å². The van der Waals surface area contributed by atoms with Crippen molar-refractivity contribution in [1.29, 1.82) is 0 Å². The Morgan fingerprint density at radius 3 is 2.63 bits per heavy atom. The summed E-state index contributed by atoms with van der Waals surface area (Å²) >= 11 is 0. The van der Waals surface area contributed by atoms with Crippen molar-refractivity contribution in [3.8, 4) is 17.2 Å². The summed E-state index contributed by atoms with van der Waals surface area (Å²) in [5, 5.41) is 5.54. The maximum atomic E-state index is 12.7. The molecule has 0 aromatic heterocycles. The molecular weight excluding hydrogens is 344 g/mol. The van der Waals surface area contributed by atoms with E-state index in [0.29, 0.717) is 34.2 Å². The Bertz CT molecular complexity index is 1000. The minimum absolute atomic E-state index is 0.0110. The monoisotopic (exact) mass is 360 g/mol. The first-order chi connectivity index (χ1) is 13.2. The standard InChI is InChI=1S/C21H16N2O4/c24-20-13-26-19-11-10-14(12-17(19)23-20)22-21(25)16-8-4-5-9-18(16)27-15-6-2-1-3-7-15/h1-12H,13H2,(H,22,25)(H,23,24). The largest absolute Gasteiger partial charge is 0.482 e. The fourth-order valence-electron chi connectivity index (χ4n) is 2.72. The van der Waals surface area contributed by atoms with Gasteiger partial charge in [-0.2, -0.15) is 0 Å². The van der Waals surface area contributed by atoms with Crippen molar-refractivity contribution < 1.29 is 19.1 Å². The van der Waals surface area contributed by atoms with Crippen LogP contribution in [0.15, 0.2) is 72.8 Å². The number of para-hydroxylation sites is 2. The van der Waals surface area contributed by atoms with Crippen LogP contribution in [0.3, 0.4) is 0 Å². The van der Waals surface area contributed by atoms with Gasteiger partial charge in [0.05, 0.1) is 11.3 Å². The van der Waals surface area contributed by atoms with E-state index in [9.17, 15) is 9.59 Å². The Morgan fingerprint density at radius 1 is 1.00 bits per heavy atom. The molecule has 1 aliphatic rings. The van der Waals surface area contributed by atoms with Crippen LogP contribution in [0.5, 0.6) is 17.2 Å². The zero-order valence-corrected chi connectivity index (χ0v) is 14.3. The Hall–Kier alpha value is -3.80. The Labute approximate surface area is 155 Å². The van der Waals surface area contributed by atoms with Crippen LogP contribution in [0.4, 0.5) is 11.4 Å². The molecule has 0 atom stereocenters. The lowest BCUT2D eigenvalue weighted by atomic mass is 10.1. The third kappa shape index (κ3) is 3.74. The zero-order valence-electron chi connectivity index (χ0n) is 14.3. The highest BCUT2D eigenvalue weighted by Crippen LogP contribution is 2.31. The van der Waals surface area contributed by atoms with Gasteiger partial charge in [0.1, 0.15) is 17.2 Å². The summed E-state index contributed by atoms with van der Waals surface area (Å²) in [5.41, 5.74) is 1.47. The van der Waals surface area contributed by atoms with E-state index in [1.807, 2.05) is 30.3 Å². The Morgan fingerprint density at radius 2 is 1.78 bits per heavy atom. The molecule has 0 radical (unpaired) electrons. The highest BCUT2D eigenvalue weighted by molar-refractivity contribution is 6.07. The molecule has 0 saturated heterocycles. The lowest BCUT2D eigenvalue weighted by Gasteiger charge is -2.18. The fourth-order valence-corrected chi connectivity index (χ4v) is 2.72. The van der Waals surface area contributed by atoms with Gasteiger partial charge in [-0.1, -0.05) is 30.3 Å². The molecular formula is C21H16N2O4. The van der Waals surface area contributed by atoms with Crippen molar-refractivity contribution in [1.82, 2.24) is 0 Å². The normalized spacial score (nSPS) is 12.4. The van der Waals surface area contributed by atoms with E-state index in [4.69, 9.17) is 9.47 Å². The van der Waals surface area contributed by atoms with E-state index in [1.54, 1.807) is 42.5 Å². The van der Waals surface area contributed by atoms with Gasteiger partial charge in [0, 0.05) is 5.69 Å². The van der Waals surface area contributed by atoms with E-state index in [2.05, 4.69) is 10.6 Å². The highest BCUT2D eigenvalue weighted by Gasteiger charge is 2.18. The van der Waals surface area contributed by atoms with Gasteiger partial charge >= 0.3 is 0 Å². The molecule has 1 aliphatic heterocycles. The van der Waals surface area contributed by atoms with Crippen molar-refractivity contribution in [2.45, 2.75) is 0 Å². The molecule has 1 heterocycles. The lowest BCUT2D eigenvalue weighted by molar-refractivity contribution is -0.118. The van der Waals surface area contributed by atoms with Crippen molar-refractivity contribution in [3.05, 3.63) is 78.4 Å². The van der Waals surface area contributed by atoms with E-state index in [-0.39, 0.29) is 18.4 Å². The van der Waals surface area contributed by atoms with Crippen LogP contribution in [0.2, 0.25) is 0 Å². The average Bonchev–Trinajstić information content (AvgIpc) is 2.69. The first kappa shape index (κ1) is 16.7. The molecule has 6 nitrogen and oxygen atoms in total. The molecule has 0 spiro atoms. The maximum Gasteiger partial charge on any atom is 0.262 e. The highest BCUT2D eigenvalue weighted by atomic mass is 16.5. The van der Waals surface area contributed by atoms with Gasteiger partial charge in [-0.15, -0.1) is 0 Å². The summed E-state index contributed by atoms with van der Waals surface area (Å²) in [6, 6.07) is 21.3. The fraction of sp³-hybridized carbons (Fsp3) is 0.0476. The summed E-state index contributed by atoms with van der Waals surface area (Å²) in [6.07, 6.45) is 0. The molecule has 0 saturated carbocycles. The number of fused-ring (bicyclic) bond motifs is 1. The van der Waals surface area contributed by atoms with Gasteiger partial charge in [-0.3, -0.25) is 9.59 Å². The van der Waals surface area contributed by atoms with Gasteiger partial charge in [0.25, 0.3) is 11.8 Å². The maximum absolute atomic E-state index is 12.7. The lowest BCUT2D eigenvalue weighted by Crippen LogP contribution is -2.25. The van der Waals surface area contributed by atoms with Gasteiger partial charge in [-0.05, 0) is 42.5 Å². The summed E-state index contributed by atoms with van der Waals surface area (Å²) in [5.74, 6) is 1.12. The Kier molecular flexibility index (Phi) is 4.45. The number of amides is 2. The van der Waals surface area contributed by atoms with Crippen molar-refractivity contribution >= 4 is 23.2 Å². The molecule has 6 heteroatoms. The van der Waals surface area contributed by atoms with Crippen LogP contribution < -0.4 is 20.1 Å². The first-order valence-corrected chi connectivity index (χ1v) is 8.39. The molecule has 27 heavy (non-hydrogen) atoms. The second-order valence-corrected chi connectivity index (χ2v) is 5.91. The predicted molar refractivity (Wildman–Crippen MR) is 101 cm³/mol. The smallest absolute Gasteiger partial charge is 0.262 e. The van der Waals surface area contributed by atoms with Crippen LogP contribution in [-0.4, -0.2) is 18.4 Å². The number of nitrogens with one attached hydrogen (secondary N) is 2. The number of hydrogen-bond acceptors (Lipinski definition) is 4. The van der Waals surface area contributed by atoms with Gasteiger partial charge in [-0.25, -0.2) is 0 Å². The number of carbonyl (C=O) groups is 2. The molecule has 0 fully saturated rings. The van der Waals surface area contributed by atoms with Crippen LogP contribution in [0, 0.1) is 0 Å². The molecule has 4 rings (SSSR count). The minimum atomic E-state index is -0.315.